The van der Waals surface area contributed by atoms with Crippen molar-refractivity contribution < 1.29 is 4.74 Å². The molecule has 16 heavy (non-hydrogen) atoms. The van der Waals surface area contributed by atoms with Crippen molar-refractivity contribution in [2.24, 2.45) is 0 Å². The Morgan fingerprint density at radius 3 is 2.75 bits per heavy atom. The second-order valence-electron chi connectivity index (χ2n) is 4.48. The van der Waals surface area contributed by atoms with Gasteiger partial charge in [0.15, 0.2) is 0 Å². The summed E-state index contributed by atoms with van der Waals surface area (Å²) in [4.78, 5) is 1.33. The molecule has 0 atom stereocenters. The third-order valence-corrected chi connectivity index (χ3v) is 4.23. The van der Waals surface area contributed by atoms with Gasteiger partial charge in [-0.2, -0.15) is 0 Å². The second kappa shape index (κ2) is 6.26. The quantitative estimate of drug-likeness (QED) is 0.811. The van der Waals surface area contributed by atoms with Crippen LogP contribution in [0.2, 0.25) is 0 Å². The van der Waals surface area contributed by atoms with Crippen LogP contribution < -0.4 is 10.1 Å². The summed E-state index contributed by atoms with van der Waals surface area (Å²) in [5.74, 6) is 1.03. The molecular weight excluding hydrogens is 218 g/mol. The molecule has 1 aromatic rings. The first-order chi connectivity index (χ1) is 7.90. The molecule has 1 saturated carbocycles. The standard InChI is InChI=1S/C13H21NOS/c1-15-12-8-9-16-13(12)10-14-11-6-4-2-3-5-7-11/h8-9,11,14H,2-7,10H2,1H3. The van der Waals surface area contributed by atoms with Gasteiger partial charge in [0.25, 0.3) is 0 Å². The minimum Gasteiger partial charge on any atom is -0.496 e. The van der Waals surface area contributed by atoms with Crippen LogP contribution in [0, 0.1) is 0 Å². The first-order valence-electron chi connectivity index (χ1n) is 6.24. The van der Waals surface area contributed by atoms with Crippen LogP contribution >= 0.6 is 11.3 Å². The smallest absolute Gasteiger partial charge is 0.134 e. The summed E-state index contributed by atoms with van der Waals surface area (Å²) in [6, 6.07) is 2.77. The fourth-order valence-corrected chi connectivity index (χ4v) is 3.15. The SMILES string of the molecule is COc1ccsc1CNC1CCCCCC1. The van der Waals surface area contributed by atoms with Crippen LogP contribution in [0.15, 0.2) is 11.4 Å². The number of thiophene rings is 1. The third kappa shape index (κ3) is 3.22. The number of hydrogen-bond donors (Lipinski definition) is 1. The summed E-state index contributed by atoms with van der Waals surface area (Å²) in [6.07, 6.45) is 8.29. The molecule has 0 aliphatic heterocycles. The Bertz CT molecular complexity index is 303. The summed E-state index contributed by atoms with van der Waals surface area (Å²) in [5, 5.41) is 5.77. The van der Waals surface area contributed by atoms with Crippen molar-refractivity contribution in [2.45, 2.75) is 51.1 Å². The Hall–Kier alpha value is -0.540. The zero-order valence-corrected chi connectivity index (χ0v) is 10.8. The van der Waals surface area contributed by atoms with Gasteiger partial charge in [-0.3, -0.25) is 0 Å². The van der Waals surface area contributed by atoms with Gasteiger partial charge in [-0.1, -0.05) is 25.7 Å². The highest BCUT2D eigenvalue weighted by Gasteiger charge is 2.12. The van der Waals surface area contributed by atoms with Gasteiger partial charge < -0.3 is 10.1 Å². The van der Waals surface area contributed by atoms with Gasteiger partial charge in [0.05, 0.1) is 12.0 Å². The molecule has 0 spiro atoms. The maximum atomic E-state index is 5.32. The minimum absolute atomic E-state index is 0.717. The van der Waals surface area contributed by atoms with Gasteiger partial charge >= 0.3 is 0 Å². The maximum Gasteiger partial charge on any atom is 0.134 e. The molecule has 1 heterocycles. The molecule has 0 amide bonds. The van der Waals surface area contributed by atoms with Gasteiger partial charge in [-0.05, 0) is 24.3 Å². The van der Waals surface area contributed by atoms with Crippen LogP contribution in [-0.2, 0) is 6.54 Å². The van der Waals surface area contributed by atoms with Crippen molar-refractivity contribution in [1.82, 2.24) is 5.32 Å². The summed E-state index contributed by atoms with van der Waals surface area (Å²) in [5.41, 5.74) is 0. The molecule has 2 rings (SSSR count). The monoisotopic (exact) mass is 239 g/mol. The average molecular weight is 239 g/mol. The van der Waals surface area contributed by atoms with E-state index in [4.69, 9.17) is 4.74 Å². The highest BCUT2D eigenvalue weighted by Crippen LogP contribution is 2.25. The lowest BCUT2D eigenvalue weighted by molar-refractivity contribution is 0.404. The van der Waals surface area contributed by atoms with Gasteiger partial charge in [-0.15, -0.1) is 11.3 Å². The largest absolute Gasteiger partial charge is 0.496 e. The first-order valence-corrected chi connectivity index (χ1v) is 7.12. The van der Waals surface area contributed by atoms with Crippen LogP contribution in [0.25, 0.3) is 0 Å². The summed E-state index contributed by atoms with van der Waals surface area (Å²) < 4.78 is 5.32. The van der Waals surface area contributed by atoms with E-state index in [1.807, 2.05) is 0 Å². The molecular formula is C13H21NOS. The van der Waals surface area contributed by atoms with Crippen molar-refractivity contribution in [3.8, 4) is 5.75 Å². The molecule has 1 N–H and O–H groups in total. The molecule has 0 bridgehead atoms. The van der Waals surface area contributed by atoms with Crippen LogP contribution in [-0.4, -0.2) is 13.2 Å². The molecule has 1 fully saturated rings. The molecule has 0 aromatic carbocycles. The molecule has 2 nitrogen and oxygen atoms in total. The normalized spacial score (nSPS) is 18.3. The molecule has 0 radical (unpaired) electrons. The number of ether oxygens (including phenoxy) is 1. The Morgan fingerprint density at radius 1 is 1.31 bits per heavy atom. The number of nitrogens with one attached hydrogen (secondary N) is 1. The van der Waals surface area contributed by atoms with Crippen molar-refractivity contribution in [3.05, 3.63) is 16.3 Å². The van der Waals surface area contributed by atoms with Crippen LogP contribution in [0.1, 0.15) is 43.4 Å². The van der Waals surface area contributed by atoms with E-state index in [9.17, 15) is 0 Å². The van der Waals surface area contributed by atoms with Crippen LogP contribution in [0.4, 0.5) is 0 Å². The average Bonchev–Trinajstić information content (AvgIpc) is 2.60. The Balaban J connectivity index is 1.81. The maximum absolute atomic E-state index is 5.32. The van der Waals surface area contributed by atoms with E-state index in [1.165, 1.54) is 43.4 Å². The lowest BCUT2D eigenvalue weighted by atomic mass is 10.1. The number of rotatable bonds is 4. The van der Waals surface area contributed by atoms with E-state index >= 15 is 0 Å². The van der Waals surface area contributed by atoms with Crippen LogP contribution in [0.5, 0.6) is 5.75 Å². The highest BCUT2D eigenvalue weighted by atomic mass is 32.1. The molecule has 1 aliphatic rings. The van der Waals surface area contributed by atoms with E-state index in [1.54, 1.807) is 18.4 Å². The molecule has 90 valence electrons. The van der Waals surface area contributed by atoms with Crippen molar-refractivity contribution in [2.75, 3.05) is 7.11 Å². The molecule has 0 unspecified atom stereocenters. The second-order valence-corrected chi connectivity index (χ2v) is 5.48. The number of hydrogen-bond acceptors (Lipinski definition) is 3. The Labute approximate surface area is 102 Å². The van der Waals surface area contributed by atoms with Crippen molar-refractivity contribution in [3.63, 3.8) is 0 Å². The van der Waals surface area contributed by atoms with E-state index in [2.05, 4.69) is 16.8 Å². The van der Waals surface area contributed by atoms with E-state index in [0.717, 1.165) is 12.3 Å². The van der Waals surface area contributed by atoms with E-state index in [0.29, 0.717) is 6.04 Å². The zero-order chi connectivity index (χ0) is 11.2. The van der Waals surface area contributed by atoms with E-state index in [-0.39, 0.29) is 0 Å². The van der Waals surface area contributed by atoms with Crippen molar-refractivity contribution >= 4 is 11.3 Å². The third-order valence-electron chi connectivity index (χ3n) is 3.33. The summed E-state index contributed by atoms with van der Waals surface area (Å²) >= 11 is 1.78. The van der Waals surface area contributed by atoms with Gasteiger partial charge in [0.1, 0.15) is 5.75 Å². The van der Waals surface area contributed by atoms with Crippen LogP contribution in [0.3, 0.4) is 0 Å². The predicted molar refractivity (Wildman–Crippen MR) is 69.2 cm³/mol. The lowest BCUT2D eigenvalue weighted by Crippen LogP contribution is -2.27. The topological polar surface area (TPSA) is 21.3 Å². The fourth-order valence-electron chi connectivity index (χ4n) is 2.36. The van der Waals surface area contributed by atoms with E-state index < -0.39 is 0 Å². The van der Waals surface area contributed by atoms with Crippen molar-refractivity contribution in [1.29, 1.82) is 0 Å². The summed E-state index contributed by atoms with van der Waals surface area (Å²) in [7, 11) is 1.75. The number of methoxy groups -OCH3 is 1. The lowest BCUT2D eigenvalue weighted by Gasteiger charge is -2.15. The summed E-state index contributed by atoms with van der Waals surface area (Å²) in [6.45, 7) is 0.964. The van der Waals surface area contributed by atoms with Gasteiger partial charge in [-0.25, -0.2) is 0 Å². The minimum atomic E-state index is 0.717. The molecule has 1 aliphatic carbocycles. The Kier molecular flexibility index (Phi) is 4.67. The van der Waals surface area contributed by atoms with Gasteiger partial charge in [0.2, 0.25) is 0 Å². The molecule has 0 saturated heterocycles. The Morgan fingerprint density at radius 2 is 2.06 bits per heavy atom. The molecule has 3 heteroatoms. The zero-order valence-electron chi connectivity index (χ0n) is 10.00. The van der Waals surface area contributed by atoms with Gasteiger partial charge in [0, 0.05) is 12.6 Å². The fraction of sp³-hybridized carbons (Fsp3) is 0.692. The molecule has 1 aromatic heterocycles. The predicted octanol–water partition coefficient (Wildman–Crippen LogP) is 3.57. The first kappa shape index (κ1) is 11.9. The highest BCUT2D eigenvalue weighted by molar-refractivity contribution is 7.10.